The zero-order valence-corrected chi connectivity index (χ0v) is 13.7. The highest BCUT2D eigenvalue weighted by Crippen LogP contribution is 2.32. The second-order valence-corrected chi connectivity index (χ2v) is 5.15. The molecule has 0 aliphatic carbocycles. The molecule has 0 spiro atoms. The van der Waals surface area contributed by atoms with Gasteiger partial charge in [0.25, 0.3) is 0 Å². The summed E-state index contributed by atoms with van der Waals surface area (Å²) in [6.07, 6.45) is 0. The second kappa shape index (κ2) is 8.90. The molecular formula is C18H22N2O4. The van der Waals surface area contributed by atoms with E-state index in [1.807, 2.05) is 6.07 Å². The Morgan fingerprint density at radius 3 is 2.58 bits per heavy atom. The number of nitrogens with two attached hydrogens (primary N) is 2. The molecule has 2 rings (SSSR count). The third-order valence-electron chi connectivity index (χ3n) is 3.38. The van der Waals surface area contributed by atoms with Crippen LogP contribution < -0.4 is 16.2 Å². The number of benzene rings is 2. The molecule has 0 radical (unpaired) electrons. The minimum atomic E-state index is -0.477. The van der Waals surface area contributed by atoms with Crippen LogP contribution in [0.1, 0.15) is 10.4 Å². The summed E-state index contributed by atoms with van der Waals surface area (Å²) in [4.78, 5) is 11.4. The Morgan fingerprint density at radius 1 is 1.04 bits per heavy atom. The predicted molar refractivity (Wildman–Crippen MR) is 93.0 cm³/mol. The summed E-state index contributed by atoms with van der Waals surface area (Å²) in [7, 11) is 1.63. The molecule has 6 nitrogen and oxygen atoms in total. The summed E-state index contributed by atoms with van der Waals surface area (Å²) in [5.41, 5.74) is 13.9. The zero-order valence-electron chi connectivity index (χ0n) is 13.7. The first kappa shape index (κ1) is 17.8. The Bertz CT molecular complexity index is 688. The molecule has 0 unspecified atom stereocenters. The van der Waals surface area contributed by atoms with Crippen molar-refractivity contribution >= 4 is 11.6 Å². The van der Waals surface area contributed by atoms with Gasteiger partial charge in [0.05, 0.1) is 19.8 Å². The van der Waals surface area contributed by atoms with E-state index in [0.29, 0.717) is 43.4 Å². The number of anilines is 1. The second-order valence-electron chi connectivity index (χ2n) is 5.15. The molecular weight excluding hydrogens is 308 g/mol. The molecule has 1 amide bonds. The van der Waals surface area contributed by atoms with E-state index in [9.17, 15) is 4.79 Å². The SMILES string of the molecule is COCCOCCOc1ccc(N)cc1-c1cccc(C(N)=O)c1. The molecule has 0 aliphatic heterocycles. The van der Waals surface area contributed by atoms with Crippen LogP contribution in [0.4, 0.5) is 5.69 Å². The van der Waals surface area contributed by atoms with Gasteiger partial charge in [-0.15, -0.1) is 0 Å². The molecule has 4 N–H and O–H groups in total. The monoisotopic (exact) mass is 330 g/mol. The van der Waals surface area contributed by atoms with Crippen molar-refractivity contribution in [2.24, 2.45) is 5.73 Å². The zero-order chi connectivity index (χ0) is 17.4. The third kappa shape index (κ3) is 4.97. The minimum Gasteiger partial charge on any atom is -0.491 e. The number of amides is 1. The Morgan fingerprint density at radius 2 is 1.83 bits per heavy atom. The number of nitrogen functional groups attached to an aromatic ring is 1. The summed E-state index contributed by atoms with van der Waals surface area (Å²) < 4.78 is 16.1. The van der Waals surface area contributed by atoms with Crippen molar-refractivity contribution in [3.05, 3.63) is 48.0 Å². The fourth-order valence-corrected chi connectivity index (χ4v) is 2.19. The molecule has 2 aromatic rings. The van der Waals surface area contributed by atoms with Crippen molar-refractivity contribution < 1.29 is 19.0 Å². The number of methoxy groups -OCH3 is 1. The molecule has 2 aromatic carbocycles. The molecule has 128 valence electrons. The largest absolute Gasteiger partial charge is 0.491 e. The lowest BCUT2D eigenvalue weighted by molar-refractivity contribution is 0.0545. The Hall–Kier alpha value is -2.57. The smallest absolute Gasteiger partial charge is 0.248 e. The molecule has 24 heavy (non-hydrogen) atoms. The summed E-state index contributed by atoms with van der Waals surface area (Å²) in [5, 5.41) is 0. The quantitative estimate of drug-likeness (QED) is 0.542. The summed E-state index contributed by atoms with van der Waals surface area (Å²) in [5.74, 6) is 0.191. The van der Waals surface area contributed by atoms with Gasteiger partial charge in [0.2, 0.25) is 5.91 Å². The topological polar surface area (TPSA) is 96.8 Å². The fraction of sp³-hybridized carbons (Fsp3) is 0.278. The van der Waals surface area contributed by atoms with Crippen molar-refractivity contribution in [3.63, 3.8) is 0 Å². The molecule has 0 bridgehead atoms. The van der Waals surface area contributed by atoms with Crippen LogP contribution in [0.5, 0.6) is 5.75 Å². The molecule has 0 atom stereocenters. The van der Waals surface area contributed by atoms with E-state index in [2.05, 4.69) is 0 Å². The first-order chi connectivity index (χ1) is 11.6. The molecule has 0 heterocycles. The van der Waals surface area contributed by atoms with E-state index in [1.165, 1.54) is 0 Å². The number of hydrogen-bond donors (Lipinski definition) is 2. The van der Waals surface area contributed by atoms with Gasteiger partial charge in [0.1, 0.15) is 12.4 Å². The van der Waals surface area contributed by atoms with Crippen LogP contribution in [0.3, 0.4) is 0 Å². The molecule has 0 aliphatic rings. The number of carbonyl (C=O) groups excluding carboxylic acids is 1. The summed E-state index contributed by atoms with van der Waals surface area (Å²) in [6.45, 7) is 1.92. The molecule has 0 fully saturated rings. The number of carbonyl (C=O) groups is 1. The van der Waals surface area contributed by atoms with Gasteiger partial charge in [-0.1, -0.05) is 12.1 Å². The van der Waals surface area contributed by atoms with Gasteiger partial charge in [-0.05, 0) is 35.9 Å². The molecule has 6 heteroatoms. The maximum atomic E-state index is 11.4. The normalized spacial score (nSPS) is 10.5. The van der Waals surface area contributed by atoms with E-state index in [-0.39, 0.29) is 0 Å². The van der Waals surface area contributed by atoms with E-state index in [0.717, 1.165) is 11.1 Å². The number of hydrogen-bond acceptors (Lipinski definition) is 5. The van der Waals surface area contributed by atoms with Crippen LogP contribution in [0.15, 0.2) is 42.5 Å². The molecule has 0 saturated carbocycles. The fourth-order valence-electron chi connectivity index (χ4n) is 2.19. The molecule has 0 saturated heterocycles. The van der Waals surface area contributed by atoms with Crippen molar-refractivity contribution in [1.82, 2.24) is 0 Å². The lowest BCUT2D eigenvalue weighted by atomic mass is 10.0. The number of primary amides is 1. The van der Waals surface area contributed by atoms with Gasteiger partial charge in [0.15, 0.2) is 0 Å². The van der Waals surface area contributed by atoms with Gasteiger partial charge in [-0.25, -0.2) is 0 Å². The Balaban J connectivity index is 2.13. The van der Waals surface area contributed by atoms with Crippen LogP contribution in [0, 0.1) is 0 Å². The van der Waals surface area contributed by atoms with E-state index < -0.39 is 5.91 Å². The highest BCUT2D eigenvalue weighted by Gasteiger charge is 2.09. The first-order valence-electron chi connectivity index (χ1n) is 7.61. The third-order valence-corrected chi connectivity index (χ3v) is 3.38. The van der Waals surface area contributed by atoms with Crippen molar-refractivity contribution in [1.29, 1.82) is 0 Å². The molecule has 0 aromatic heterocycles. The summed E-state index contributed by atoms with van der Waals surface area (Å²) >= 11 is 0. The number of rotatable bonds is 9. The van der Waals surface area contributed by atoms with E-state index >= 15 is 0 Å². The highest BCUT2D eigenvalue weighted by molar-refractivity contribution is 5.94. The predicted octanol–water partition coefficient (Wildman–Crippen LogP) is 2.08. The average molecular weight is 330 g/mol. The van der Waals surface area contributed by atoms with E-state index in [4.69, 9.17) is 25.7 Å². The van der Waals surface area contributed by atoms with Crippen molar-refractivity contribution in [2.75, 3.05) is 39.3 Å². The lowest BCUT2D eigenvalue weighted by Crippen LogP contribution is -2.11. The minimum absolute atomic E-state index is 0.399. The van der Waals surface area contributed by atoms with Gasteiger partial charge in [0, 0.05) is 23.9 Å². The van der Waals surface area contributed by atoms with Crippen LogP contribution in [0.25, 0.3) is 11.1 Å². The number of ether oxygens (including phenoxy) is 3. The van der Waals surface area contributed by atoms with Gasteiger partial charge in [-0.2, -0.15) is 0 Å². The summed E-state index contributed by atoms with van der Waals surface area (Å²) in [6, 6.07) is 12.4. The highest BCUT2D eigenvalue weighted by atomic mass is 16.5. The average Bonchev–Trinajstić information content (AvgIpc) is 2.59. The maximum Gasteiger partial charge on any atom is 0.248 e. The van der Waals surface area contributed by atoms with Crippen LogP contribution >= 0.6 is 0 Å². The van der Waals surface area contributed by atoms with Gasteiger partial charge >= 0.3 is 0 Å². The Labute approximate surface area is 141 Å². The standard InChI is InChI=1S/C18H22N2O4/c1-22-7-8-23-9-10-24-17-6-5-15(19)12-16(17)13-3-2-4-14(11-13)18(20)21/h2-6,11-12H,7-10,19H2,1H3,(H2,20,21). The van der Waals surface area contributed by atoms with Crippen molar-refractivity contribution in [3.8, 4) is 16.9 Å². The van der Waals surface area contributed by atoms with Crippen LogP contribution in [-0.2, 0) is 9.47 Å². The van der Waals surface area contributed by atoms with Gasteiger partial charge in [-0.3, -0.25) is 4.79 Å². The van der Waals surface area contributed by atoms with E-state index in [1.54, 1.807) is 43.5 Å². The Kier molecular flexibility index (Phi) is 6.60. The maximum absolute atomic E-state index is 11.4. The van der Waals surface area contributed by atoms with Crippen LogP contribution in [-0.4, -0.2) is 39.4 Å². The van der Waals surface area contributed by atoms with Gasteiger partial charge < -0.3 is 25.7 Å². The van der Waals surface area contributed by atoms with Crippen LogP contribution in [0.2, 0.25) is 0 Å². The van der Waals surface area contributed by atoms with Crippen molar-refractivity contribution in [2.45, 2.75) is 0 Å². The first-order valence-corrected chi connectivity index (χ1v) is 7.61. The lowest BCUT2D eigenvalue weighted by Gasteiger charge is -2.13.